The zero-order valence-corrected chi connectivity index (χ0v) is 9.67. The van der Waals surface area contributed by atoms with Crippen LogP contribution in [-0.2, 0) is 0 Å². The van der Waals surface area contributed by atoms with Gasteiger partial charge in [-0.05, 0) is 30.9 Å². The van der Waals surface area contributed by atoms with Crippen molar-refractivity contribution in [3.8, 4) is 0 Å². The minimum absolute atomic E-state index is 0.551. The van der Waals surface area contributed by atoms with E-state index in [9.17, 15) is 0 Å². The molecule has 0 radical (unpaired) electrons. The summed E-state index contributed by atoms with van der Waals surface area (Å²) >= 11 is 0. The molecule has 0 aromatic heterocycles. The Morgan fingerprint density at radius 2 is 1.79 bits per heavy atom. The molecule has 1 rings (SSSR count). The molecule has 1 atom stereocenters. The molecule has 1 nitrogen and oxygen atoms in total. The lowest BCUT2D eigenvalue weighted by Crippen LogP contribution is -2.14. The van der Waals surface area contributed by atoms with Crippen LogP contribution in [0.25, 0.3) is 0 Å². The molecule has 1 N–H and O–H groups in total. The molecular weight excluding hydrogens is 170 g/mol. The molecule has 0 saturated carbocycles. The fourth-order valence-electron chi connectivity index (χ4n) is 1.50. The molecule has 78 valence electrons. The maximum Gasteiger partial charge on any atom is 0.0377 e. The Bertz CT molecular complexity index is 278. The summed E-state index contributed by atoms with van der Waals surface area (Å²) in [5.41, 5.74) is 2.70. The molecule has 0 heterocycles. The van der Waals surface area contributed by atoms with E-state index in [0.717, 1.165) is 6.42 Å². The first kappa shape index (κ1) is 11.1. The van der Waals surface area contributed by atoms with Gasteiger partial charge in [0.15, 0.2) is 0 Å². The molecule has 0 fully saturated rings. The Labute approximate surface area is 87.5 Å². The van der Waals surface area contributed by atoms with Gasteiger partial charge in [0, 0.05) is 11.7 Å². The van der Waals surface area contributed by atoms with Crippen LogP contribution >= 0.6 is 0 Å². The second-order valence-electron chi connectivity index (χ2n) is 4.20. The summed E-state index contributed by atoms with van der Waals surface area (Å²) in [5, 5.41) is 3.54. The zero-order chi connectivity index (χ0) is 10.6. The fourth-order valence-corrected chi connectivity index (χ4v) is 1.50. The Balaban J connectivity index is 2.84. The largest absolute Gasteiger partial charge is 0.382 e. The summed E-state index contributed by atoms with van der Waals surface area (Å²) in [5.74, 6) is 0.586. The van der Waals surface area contributed by atoms with Gasteiger partial charge in [0.25, 0.3) is 0 Å². The maximum atomic E-state index is 3.54. The van der Waals surface area contributed by atoms with E-state index in [-0.39, 0.29) is 0 Å². The van der Waals surface area contributed by atoms with Crippen LogP contribution in [-0.4, -0.2) is 6.04 Å². The zero-order valence-electron chi connectivity index (χ0n) is 9.67. The first-order chi connectivity index (χ1) is 6.65. The quantitative estimate of drug-likeness (QED) is 0.758. The Kier molecular flexibility index (Phi) is 3.99. The van der Waals surface area contributed by atoms with Crippen LogP contribution in [0.15, 0.2) is 24.3 Å². The summed E-state index contributed by atoms with van der Waals surface area (Å²) in [6, 6.07) is 9.12. The predicted octanol–water partition coefficient (Wildman–Crippen LogP) is 4.02. The van der Waals surface area contributed by atoms with E-state index in [2.05, 4.69) is 57.3 Å². The minimum atomic E-state index is 0.551. The van der Waals surface area contributed by atoms with Gasteiger partial charge in [-0.15, -0.1) is 0 Å². The highest BCUT2D eigenvalue weighted by Gasteiger charge is 2.06. The second-order valence-corrected chi connectivity index (χ2v) is 4.20. The van der Waals surface area contributed by atoms with E-state index in [1.807, 2.05) is 0 Å². The minimum Gasteiger partial charge on any atom is -0.382 e. The van der Waals surface area contributed by atoms with Gasteiger partial charge >= 0.3 is 0 Å². The van der Waals surface area contributed by atoms with Crippen molar-refractivity contribution in [1.82, 2.24) is 0 Å². The SMILES string of the molecule is CCC(C)Nc1ccccc1C(C)C. The third-order valence-corrected chi connectivity index (χ3v) is 2.60. The fraction of sp³-hybridized carbons (Fsp3) is 0.538. The van der Waals surface area contributed by atoms with Crippen molar-refractivity contribution < 1.29 is 0 Å². The Morgan fingerprint density at radius 3 is 2.36 bits per heavy atom. The van der Waals surface area contributed by atoms with Crippen molar-refractivity contribution in [3.63, 3.8) is 0 Å². The molecule has 1 unspecified atom stereocenters. The van der Waals surface area contributed by atoms with Gasteiger partial charge in [0.2, 0.25) is 0 Å². The van der Waals surface area contributed by atoms with E-state index in [1.54, 1.807) is 0 Å². The lowest BCUT2D eigenvalue weighted by atomic mass is 10.0. The number of anilines is 1. The van der Waals surface area contributed by atoms with Crippen LogP contribution < -0.4 is 5.32 Å². The molecule has 1 aromatic rings. The number of para-hydroxylation sites is 1. The molecule has 0 amide bonds. The lowest BCUT2D eigenvalue weighted by molar-refractivity contribution is 0.757. The van der Waals surface area contributed by atoms with Crippen molar-refractivity contribution in [1.29, 1.82) is 0 Å². The first-order valence-electron chi connectivity index (χ1n) is 5.50. The second kappa shape index (κ2) is 5.04. The highest BCUT2D eigenvalue weighted by atomic mass is 14.9. The molecule has 0 bridgehead atoms. The average molecular weight is 191 g/mol. The molecule has 1 heteroatoms. The highest BCUT2D eigenvalue weighted by Crippen LogP contribution is 2.24. The smallest absolute Gasteiger partial charge is 0.0377 e. The van der Waals surface area contributed by atoms with Crippen molar-refractivity contribution in [2.75, 3.05) is 5.32 Å². The van der Waals surface area contributed by atoms with Crippen LogP contribution in [0.2, 0.25) is 0 Å². The van der Waals surface area contributed by atoms with Gasteiger partial charge in [-0.25, -0.2) is 0 Å². The molecule has 0 aliphatic rings. The third kappa shape index (κ3) is 2.76. The van der Waals surface area contributed by atoms with E-state index in [1.165, 1.54) is 11.3 Å². The van der Waals surface area contributed by atoms with Crippen LogP contribution in [0.3, 0.4) is 0 Å². The van der Waals surface area contributed by atoms with E-state index in [4.69, 9.17) is 0 Å². The van der Waals surface area contributed by atoms with Gasteiger partial charge in [0.05, 0.1) is 0 Å². The van der Waals surface area contributed by atoms with Crippen LogP contribution in [0.4, 0.5) is 5.69 Å². The lowest BCUT2D eigenvalue weighted by Gasteiger charge is -2.18. The highest BCUT2D eigenvalue weighted by molar-refractivity contribution is 5.53. The van der Waals surface area contributed by atoms with Crippen molar-refractivity contribution in [2.24, 2.45) is 0 Å². The van der Waals surface area contributed by atoms with Gasteiger partial charge < -0.3 is 5.32 Å². The summed E-state index contributed by atoms with van der Waals surface area (Å²) in [6.45, 7) is 8.89. The molecule has 0 spiro atoms. The average Bonchev–Trinajstić information content (AvgIpc) is 2.18. The summed E-state index contributed by atoms with van der Waals surface area (Å²) < 4.78 is 0. The molecule has 0 aliphatic heterocycles. The number of hydrogen-bond acceptors (Lipinski definition) is 1. The number of hydrogen-bond donors (Lipinski definition) is 1. The summed E-state index contributed by atoms with van der Waals surface area (Å²) in [7, 11) is 0. The number of rotatable bonds is 4. The van der Waals surface area contributed by atoms with Crippen molar-refractivity contribution in [2.45, 2.75) is 46.1 Å². The van der Waals surface area contributed by atoms with Gasteiger partial charge in [-0.1, -0.05) is 39.0 Å². The molecule has 0 aliphatic carbocycles. The topological polar surface area (TPSA) is 12.0 Å². The van der Waals surface area contributed by atoms with Gasteiger partial charge in [-0.3, -0.25) is 0 Å². The monoisotopic (exact) mass is 191 g/mol. The van der Waals surface area contributed by atoms with E-state index >= 15 is 0 Å². The van der Waals surface area contributed by atoms with Gasteiger partial charge in [-0.2, -0.15) is 0 Å². The Hall–Kier alpha value is -0.980. The molecule has 0 saturated heterocycles. The predicted molar refractivity (Wildman–Crippen MR) is 63.9 cm³/mol. The normalized spacial score (nSPS) is 12.9. The van der Waals surface area contributed by atoms with Crippen LogP contribution in [0.5, 0.6) is 0 Å². The van der Waals surface area contributed by atoms with Crippen molar-refractivity contribution >= 4 is 5.69 Å². The number of benzene rings is 1. The van der Waals surface area contributed by atoms with E-state index in [0.29, 0.717) is 12.0 Å². The van der Waals surface area contributed by atoms with Crippen LogP contribution in [0, 0.1) is 0 Å². The number of nitrogens with one attached hydrogen (secondary N) is 1. The third-order valence-electron chi connectivity index (χ3n) is 2.60. The summed E-state index contributed by atoms with van der Waals surface area (Å²) in [6.07, 6.45) is 1.16. The molecule has 14 heavy (non-hydrogen) atoms. The molecule has 1 aromatic carbocycles. The first-order valence-corrected chi connectivity index (χ1v) is 5.50. The Morgan fingerprint density at radius 1 is 1.14 bits per heavy atom. The van der Waals surface area contributed by atoms with E-state index < -0.39 is 0 Å². The molecular formula is C13H21N. The summed E-state index contributed by atoms with van der Waals surface area (Å²) in [4.78, 5) is 0. The van der Waals surface area contributed by atoms with Gasteiger partial charge in [0.1, 0.15) is 0 Å². The standard InChI is InChI=1S/C13H21N/c1-5-11(4)14-13-9-7-6-8-12(13)10(2)3/h6-11,14H,5H2,1-4H3. The van der Waals surface area contributed by atoms with Crippen LogP contribution in [0.1, 0.15) is 45.6 Å². The van der Waals surface area contributed by atoms with Crippen molar-refractivity contribution in [3.05, 3.63) is 29.8 Å². The maximum absolute atomic E-state index is 3.54.